The molecule has 2 aromatic carbocycles. The summed E-state index contributed by atoms with van der Waals surface area (Å²) in [5, 5.41) is 28.8. The van der Waals surface area contributed by atoms with E-state index in [1.807, 2.05) is 6.07 Å². The summed E-state index contributed by atoms with van der Waals surface area (Å²) in [5.74, 6) is 0. The molecule has 0 N–H and O–H groups in total. The van der Waals surface area contributed by atoms with E-state index < -0.39 is 0 Å². The van der Waals surface area contributed by atoms with Crippen LogP contribution < -0.4 is 9.81 Å². The maximum atomic E-state index is 10.9. The minimum Gasteiger partial charge on any atom is -0.359 e. The molecule has 8 nitrogen and oxygen atoms in total. The van der Waals surface area contributed by atoms with Crippen molar-refractivity contribution in [3.05, 3.63) is 71.1 Å². The van der Waals surface area contributed by atoms with Gasteiger partial charge < -0.3 is 10.4 Å². The summed E-state index contributed by atoms with van der Waals surface area (Å²) in [7, 11) is 0. The minimum atomic E-state index is 0.377. The van der Waals surface area contributed by atoms with E-state index in [1.165, 1.54) is 0 Å². The van der Waals surface area contributed by atoms with Crippen LogP contribution in [0.1, 0.15) is 11.1 Å². The minimum absolute atomic E-state index is 0.377. The third-order valence-corrected chi connectivity index (χ3v) is 3.29. The highest BCUT2D eigenvalue weighted by molar-refractivity contribution is 5.74. The van der Waals surface area contributed by atoms with Crippen LogP contribution in [-0.4, -0.2) is 10.3 Å². The van der Waals surface area contributed by atoms with Gasteiger partial charge in [0.2, 0.25) is 22.1 Å². The van der Waals surface area contributed by atoms with Crippen molar-refractivity contribution in [2.45, 2.75) is 0 Å². The van der Waals surface area contributed by atoms with Gasteiger partial charge in [0, 0.05) is 22.4 Å². The van der Waals surface area contributed by atoms with Gasteiger partial charge in [0.15, 0.2) is 0 Å². The zero-order valence-electron chi connectivity index (χ0n) is 12.5. The van der Waals surface area contributed by atoms with E-state index in [9.17, 15) is 10.4 Å². The highest BCUT2D eigenvalue weighted by Crippen LogP contribution is 2.11. The molecule has 4 rings (SSSR count). The van der Waals surface area contributed by atoms with Gasteiger partial charge in [-0.05, 0) is 33.1 Å². The second kappa shape index (κ2) is 6.21. The fourth-order valence-electron chi connectivity index (χ4n) is 2.04. The number of hydrogen-bond acceptors (Lipinski definition) is 6. The summed E-state index contributed by atoms with van der Waals surface area (Å²) in [5.41, 5.74) is 3.73. The summed E-state index contributed by atoms with van der Waals surface area (Å²) in [6, 6.07) is 10.4. The second-order valence-corrected chi connectivity index (χ2v) is 4.76. The van der Waals surface area contributed by atoms with Gasteiger partial charge in [-0.3, -0.25) is 9.26 Å². The Kier molecular flexibility index (Phi) is 3.94. The average Bonchev–Trinajstić information content (AvgIpc) is 3.18. The molecule has 0 bridgehead atoms. The fraction of sp³-hybridized carbons (Fsp3) is 0. The number of nitrogens with zero attached hydrogens (tertiary/aromatic N) is 4. The monoisotopic (exact) mass is 324 g/mol. The Morgan fingerprint density at radius 1 is 0.792 bits per heavy atom. The second-order valence-electron chi connectivity index (χ2n) is 4.76. The SMILES string of the molecule is C=Cc1ccc2c(c1)no[n+]2[O-].C=Cc1ccc2no[n+]([O-])c2c1. The Balaban J connectivity index is 0.000000141. The summed E-state index contributed by atoms with van der Waals surface area (Å²) >= 11 is 0. The molecule has 0 saturated carbocycles. The Bertz CT molecular complexity index is 1040. The van der Waals surface area contributed by atoms with Crippen molar-refractivity contribution < 1.29 is 19.1 Å². The molecule has 120 valence electrons. The molecule has 4 aromatic rings. The smallest absolute Gasteiger partial charge is 0.249 e. The molecule has 0 spiro atoms. The van der Waals surface area contributed by atoms with E-state index in [2.05, 4.69) is 32.7 Å². The molecule has 0 aliphatic rings. The van der Waals surface area contributed by atoms with Gasteiger partial charge in [-0.25, -0.2) is 0 Å². The van der Waals surface area contributed by atoms with Crippen molar-refractivity contribution in [1.82, 2.24) is 10.3 Å². The van der Waals surface area contributed by atoms with Crippen molar-refractivity contribution >= 4 is 34.2 Å². The van der Waals surface area contributed by atoms with E-state index in [0.29, 0.717) is 31.9 Å². The average molecular weight is 324 g/mol. The maximum Gasteiger partial charge on any atom is 0.249 e. The quantitative estimate of drug-likeness (QED) is 0.523. The van der Waals surface area contributed by atoms with E-state index in [4.69, 9.17) is 0 Å². The standard InChI is InChI=1S/2C8H6N2O2/c1-2-6-3-4-8-7(5-6)9-12-10(8)11;1-2-6-3-4-7-8(5-6)10(11)12-9-7/h2*2-5H,1H2. The number of rotatable bonds is 2. The Labute approximate surface area is 135 Å². The first-order valence-corrected chi connectivity index (χ1v) is 6.86. The van der Waals surface area contributed by atoms with E-state index in [0.717, 1.165) is 11.1 Å². The van der Waals surface area contributed by atoms with Crippen molar-refractivity contribution in [3.8, 4) is 0 Å². The van der Waals surface area contributed by atoms with Gasteiger partial charge in [-0.1, -0.05) is 37.4 Å². The van der Waals surface area contributed by atoms with E-state index in [-0.39, 0.29) is 0 Å². The number of aromatic nitrogens is 4. The zero-order chi connectivity index (χ0) is 17.1. The van der Waals surface area contributed by atoms with Gasteiger partial charge in [-0.2, -0.15) is 0 Å². The fourth-order valence-corrected chi connectivity index (χ4v) is 2.04. The van der Waals surface area contributed by atoms with Crippen molar-refractivity contribution in [2.24, 2.45) is 0 Å². The number of benzene rings is 2. The Hall–Kier alpha value is -3.68. The topological polar surface area (TPSA) is 106 Å². The van der Waals surface area contributed by atoms with Crippen LogP contribution in [0.15, 0.2) is 58.8 Å². The first kappa shape index (κ1) is 15.2. The van der Waals surface area contributed by atoms with Crippen LogP contribution >= 0.6 is 0 Å². The lowest BCUT2D eigenvalue weighted by Gasteiger charge is -1.89. The summed E-state index contributed by atoms with van der Waals surface area (Å²) in [6.45, 7) is 7.19. The predicted molar refractivity (Wildman–Crippen MR) is 86.1 cm³/mol. The van der Waals surface area contributed by atoms with Crippen LogP contribution in [0.3, 0.4) is 0 Å². The van der Waals surface area contributed by atoms with Crippen molar-refractivity contribution in [2.75, 3.05) is 0 Å². The van der Waals surface area contributed by atoms with Crippen LogP contribution in [0.4, 0.5) is 0 Å². The molecule has 0 unspecified atom stereocenters. The van der Waals surface area contributed by atoms with Crippen molar-refractivity contribution in [3.63, 3.8) is 0 Å². The van der Waals surface area contributed by atoms with Gasteiger partial charge in [0.25, 0.3) is 0 Å². The predicted octanol–water partition coefficient (Wildman–Crippen LogP) is 2.21. The summed E-state index contributed by atoms with van der Waals surface area (Å²) < 4.78 is 8.78. The Morgan fingerprint density at radius 3 is 2.08 bits per heavy atom. The van der Waals surface area contributed by atoms with Crippen LogP contribution in [0.25, 0.3) is 34.2 Å². The van der Waals surface area contributed by atoms with Crippen LogP contribution in [0.2, 0.25) is 0 Å². The lowest BCUT2D eigenvalue weighted by molar-refractivity contribution is -0.782. The van der Waals surface area contributed by atoms with Gasteiger partial charge in [0.05, 0.1) is 0 Å². The normalized spacial score (nSPS) is 10.3. The van der Waals surface area contributed by atoms with Gasteiger partial charge in [-0.15, -0.1) is 0 Å². The summed E-state index contributed by atoms with van der Waals surface area (Å²) in [4.78, 5) is 0.754. The molecule has 0 saturated heterocycles. The molecular weight excluding hydrogens is 312 g/mol. The molecule has 0 atom stereocenters. The highest BCUT2D eigenvalue weighted by atomic mass is 16.8. The zero-order valence-corrected chi connectivity index (χ0v) is 12.5. The first-order chi connectivity index (χ1) is 11.6. The number of hydrogen-bond donors (Lipinski definition) is 0. The van der Waals surface area contributed by atoms with Gasteiger partial charge in [0.1, 0.15) is 0 Å². The van der Waals surface area contributed by atoms with Crippen LogP contribution in [0.5, 0.6) is 0 Å². The lowest BCUT2D eigenvalue weighted by atomic mass is 10.2. The first-order valence-electron chi connectivity index (χ1n) is 6.86. The van der Waals surface area contributed by atoms with E-state index in [1.54, 1.807) is 42.5 Å². The maximum absolute atomic E-state index is 10.9. The molecule has 0 fully saturated rings. The molecule has 2 aromatic heterocycles. The third kappa shape index (κ3) is 2.80. The lowest BCUT2D eigenvalue weighted by Crippen LogP contribution is -2.22. The largest absolute Gasteiger partial charge is 0.359 e. The molecule has 0 aliphatic carbocycles. The summed E-state index contributed by atoms with van der Waals surface area (Å²) in [6.07, 6.45) is 3.34. The molecular formula is C16H12N4O4. The van der Waals surface area contributed by atoms with E-state index >= 15 is 0 Å². The number of fused-ring (bicyclic) bond motifs is 2. The molecule has 8 heteroatoms. The van der Waals surface area contributed by atoms with Crippen LogP contribution in [0, 0.1) is 10.4 Å². The Morgan fingerprint density at radius 2 is 1.38 bits per heavy atom. The van der Waals surface area contributed by atoms with Crippen molar-refractivity contribution in [1.29, 1.82) is 0 Å². The molecule has 0 aliphatic heterocycles. The highest BCUT2D eigenvalue weighted by Gasteiger charge is 2.08. The van der Waals surface area contributed by atoms with Gasteiger partial charge >= 0.3 is 0 Å². The third-order valence-electron chi connectivity index (χ3n) is 3.29. The molecule has 0 radical (unpaired) electrons. The molecule has 24 heavy (non-hydrogen) atoms. The molecule has 2 heterocycles. The van der Waals surface area contributed by atoms with Crippen LogP contribution in [-0.2, 0) is 0 Å². The molecule has 0 amide bonds.